The van der Waals surface area contributed by atoms with E-state index in [1.807, 2.05) is 0 Å². The monoisotopic (exact) mass is 500 g/mol. The van der Waals surface area contributed by atoms with Gasteiger partial charge >= 0.3 is 11.9 Å². The van der Waals surface area contributed by atoms with Crippen molar-refractivity contribution in [3.8, 4) is 0 Å². The zero-order chi connectivity index (χ0) is 26.7. The molecule has 1 saturated heterocycles. The highest BCUT2D eigenvalue weighted by Gasteiger charge is 2.39. The third-order valence-corrected chi connectivity index (χ3v) is 5.16. The Kier molecular flexibility index (Phi) is 11.4. The van der Waals surface area contributed by atoms with E-state index in [1.165, 1.54) is 0 Å². The van der Waals surface area contributed by atoms with Crippen LogP contribution in [0.4, 0.5) is 0 Å². The second-order valence-electron chi connectivity index (χ2n) is 7.97. The van der Waals surface area contributed by atoms with E-state index in [9.17, 15) is 39.0 Å². The number of hydrogen-bond donors (Lipinski definition) is 8. The van der Waals surface area contributed by atoms with Gasteiger partial charge in [0, 0.05) is 13.1 Å². The van der Waals surface area contributed by atoms with Crippen molar-refractivity contribution in [2.75, 3.05) is 13.1 Å². The quantitative estimate of drug-likeness (QED) is 0.0642. The van der Waals surface area contributed by atoms with Crippen LogP contribution >= 0.6 is 0 Å². The van der Waals surface area contributed by atoms with Crippen molar-refractivity contribution in [3.05, 3.63) is 0 Å². The third-order valence-electron chi connectivity index (χ3n) is 5.16. The summed E-state index contributed by atoms with van der Waals surface area (Å²) >= 11 is 0. The Morgan fingerprint density at radius 3 is 2.20 bits per heavy atom. The lowest BCUT2D eigenvalue weighted by molar-refractivity contribution is -0.147. The smallest absolute Gasteiger partial charge is 0.326 e. The molecule has 196 valence electrons. The van der Waals surface area contributed by atoms with Crippen molar-refractivity contribution in [3.63, 3.8) is 0 Å². The van der Waals surface area contributed by atoms with Crippen LogP contribution in [-0.2, 0) is 28.8 Å². The minimum absolute atomic E-state index is 0.0705. The first-order valence-corrected chi connectivity index (χ1v) is 10.8. The van der Waals surface area contributed by atoms with Crippen LogP contribution in [0, 0.1) is 0 Å². The highest BCUT2D eigenvalue weighted by molar-refractivity contribution is 5.96. The second kappa shape index (κ2) is 13.7. The third kappa shape index (κ3) is 9.83. The summed E-state index contributed by atoms with van der Waals surface area (Å²) in [6.07, 6.45) is -0.375. The molecule has 1 rings (SSSR count). The summed E-state index contributed by atoms with van der Waals surface area (Å²) < 4.78 is 0. The number of nitrogens with zero attached hydrogens (tertiary/aromatic N) is 2. The molecule has 0 bridgehead atoms. The number of carbonyl (C=O) groups is 6. The molecule has 4 amide bonds. The molecular formula is C19H32N8O8. The molecule has 0 aromatic carbocycles. The highest BCUT2D eigenvalue weighted by atomic mass is 16.4. The maximum absolute atomic E-state index is 13.1. The van der Waals surface area contributed by atoms with E-state index in [1.54, 1.807) is 0 Å². The molecule has 0 radical (unpaired) electrons. The number of aliphatic carboxylic acids is 2. The fraction of sp³-hybridized carbons (Fsp3) is 0.632. The zero-order valence-corrected chi connectivity index (χ0v) is 19.0. The average molecular weight is 501 g/mol. The number of amides is 4. The minimum atomic E-state index is -1.59. The van der Waals surface area contributed by atoms with Gasteiger partial charge in [-0.3, -0.25) is 29.0 Å². The number of carbonyl (C=O) groups excluding carboxylic acids is 4. The predicted molar refractivity (Wildman–Crippen MR) is 120 cm³/mol. The number of nitrogens with one attached hydrogen (secondary N) is 2. The molecule has 16 nitrogen and oxygen atoms in total. The van der Waals surface area contributed by atoms with Crippen LogP contribution in [0.25, 0.3) is 0 Å². The molecule has 0 aliphatic carbocycles. The number of guanidine groups is 1. The van der Waals surface area contributed by atoms with Crippen LogP contribution in [0.3, 0.4) is 0 Å². The average Bonchev–Trinajstić information content (AvgIpc) is 3.24. The summed E-state index contributed by atoms with van der Waals surface area (Å²) in [7, 11) is 0. The van der Waals surface area contributed by atoms with Crippen molar-refractivity contribution in [1.82, 2.24) is 15.5 Å². The van der Waals surface area contributed by atoms with Gasteiger partial charge in [-0.1, -0.05) is 0 Å². The van der Waals surface area contributed by atoms with Crippen LogP contribution in [-0.4, -0.2) is 93.9 Å². The molecule has 4 atom stereocenters. The lowest BCUT2D eigenvalue weighted by Crippen LogP contribution is -2.57. The maximum atomic E-state index is 13.1. The SMILES string of the molecule is NC(=O)CC(NC(=O)C1CCCN1C(=O)C(CC(=O)O)NC(=O)C(N)CCCN=C(N)N)C(=O)O. The molecule has 16 heteroatoms. The van der Waals surface area contributed by atoms with Crippen LogP contribution < -0.4 is 33.6 Å². The van der Waals surface area contributed by atoms with E-state index in [2.05, 4.69) is 15.6 Å². The van der Waals surface area contributed by atoms with Gasteiger partial charge in [-0.2, -0.15) is 0 Å². The van der Waals surface area contributed by atoms with Crippen molar-refractivity contribution in [1.29, 1.82) is 0 Å². The van der Waals surface area contributed by atoms with E-state index in [4.69, 9.17) is 22.9 Å². The van der Waals surface area contributed by atoms with Gasteiger partial charge in [0.15, 0.2) is 5.96 Å². The number of likely N-dealkylation sites (tertiary alicyclic amines) is 1. The van der Waals surface area contributed by atoms with Crippen molar-refractivity contribution >= 4 is 41.5 Å². The number of primary amides is 1. The first-order valence-electron chi connectivity index (χ1n) is 10.8. The Labute approximate surface area is 200 Å². The van der Waals surface area contributed by atoms with Gasteiger partial charge in [0.05, 0.1) is 18.9 Å². The molecular weight excluding hydrogens is 468 g/mol. The summed E-state index contributed by atoms with van der Waals surface area (Å²) in [5.41, 5.74) is 21.2. The standard InChI is InChI=1S/C19H32N8O8/c20-9(3-1-5-24-19(22)23)15(31)25-10(8-14(29)30)17(33)27-6-2-4-12(27)16(32)26-11(18(34)35)7-13(21)28/h9-12H,1-8,20H2,(H2,21,28)(H,25,31)(H,26,32)(H,29,30)(H,34,35)(H4,22,23,24). The Morgan fingerprint density at radius 2 is 1.66 bits per heavy atom. The number of carboxylic acids is 2. The van der Waals surface area contributed by atoms with E-state index in [0.717, 1.165) is 4.90 Å². The van der Waals surface area contributed by atoms with Gasteiger partial charge in [-0.05, 0) is 25.7 Å². The first-order chi connectivity index (χ1) is 16.3. The number of rotatable bonds is 14. The number of carboxylic acid groups (broad SMARTS) is 2. The number of nitrogens with two attached hydrogens (primary N) is 4. The summed E-state index contributed by atoms with van der Waals surface area (Å²) in [5.74, 6) is -6.40. The largest absolute Gasteiger partial charge is 0.481 e. The van der Waals surface area contributed by atoms with Gasteiger partial charge in [-0.25, -0.2) is 4.79 Å². The fourth-order valence-corrected chi connectivity index (χ4v) is 3.48. The van der Waals surface area contributed by atoms with Gasteiger partial charge in [0.1, 0.15) is 18.1 Å². The van der Waals surface area contributed by atoms with Crippen molar-refractivity contribution in [2.24, 2.45) is 27.9 Å². The Morgan fingerprint density at radius 1 is 1.00 bits per heavy atom. The Hall–Kier alpha value is -3.95. The molecule has 0 saturated carbocycles. The number of hydrogen-bond acceptors (Lipinski definition) is 8. The van der Waals surface area contributed by atoms with Gasteiger partial charge in [-0.15, -0.1) is 0 Å². The van der Waals surface area contributed by atoms with Crippen LogP contribution in [0.1, 0.15) is 38.5 Å². The van der Waals surface area contributed by atoms with Gasteiger partial charge in [0.2, 0.25) is 23.6 Å². The molecule has 1 fully saturated rings. The van der Waals surface area contributed by atoms with Crippen molar-refractivity contribution in [2.45, 2.75) is 62.7 Å². The van der Waals surface area contributed by atoms with Gasteiger partial charge < -0.3 is 48.7 Å². The Bertz CT molecular complexity index is 860. The molecule has 0 spiro atoms. The van der Waals surface area contributed by atoms with Gasteiger partial charge in [0.25, 0.3) is 0 Å². The fourth-order valence-electron chi connectivity index (χ4n) is 3.48. The second-order valence-corrected chi connectivity index (χ2v) is 7.97. The molecule has 12 N–H and O–H groups in total. The molecule has 1 aliphatic heterocycles. The van der Waals surface area contributed by atoms with Crippen LogP contribution in [0.2, 0.25) is 0 Å². The lowest BCUT2D eigenvalue weighted by atomic mass is 10.1. The molecule has 1 aliphatic rings. The normalized spacial score (nSPS) is 17.5. The topological polar surface area (TPSA) is 287 Å². The lowest BCUT2D eigenvalue weighted by Gasteiger charge is -2.29. The van der Waals surface area contributed by atoms with E-state index >= 15 is 0 Å². The van der Waals surface area contributed by atoms with E-state index < -0.39 is 72.6 Å². The van der Waals surface area contributed by atoms with Crippen LogP contribution in [0.5, 0.6) is 0 Å². The highest BCUT2D eigenvalue weighted by Crippen LogP contribution is 2.20. The van der Waals surface area contributed by atoms with E-state index in [-0.39, 0.29) is 31.9 Å². The molecule has 4 unspecified atom stereocenters. The molecule has 35 heavy (non-hydrogen) atoms. The zero-order valence-electron chi connectivity index (χ0n) is 19.0. The summed E-state index contributed by atoms with van der Waals surface area (Å²) in [5, 5.41) is 22.9. The predicted octanol–water partition coefficient (Wildman–Crippen LogP) is -4.24. The van der Waals surface area contributed by atoms with Crippen molar-refractivity contribution < 1.29 is 39.0 Å². The summed E-state index contributed by atoms with van der Waals surface area (Å²) in [6.45, 7) is 0.291. The molecule has 1 heterocycles. The van der Waals surface area contributed by atoms with E-state index in [0.29, 0.717) is 12.8 Å². The van der Waals surface area contributed by atoms with Crippen LogP contribution in [0.15, 0.2) is 4.99 Å². The first kappa shape index (κ1) is 29.1. The summed E-state index contributed by atoms with van der Waals surface area (Å²) in [4.78, 5) is 76.7. The number of aliphatic imine (C=N–C) groups is 1. The molecule has 0 aromatic heterocycles. The minimum Gasteiger partial charge on any atom is -0.481 e. The Balaban J connectivity index is 2.89. The molecule has 0 aromatic rings. The maximum Gasteiger partial charge on any atom is 0.326 e. The summed E-state index contributed by atoms with van der Waals surface area (Å²) in [6, 6.07) is -5.31.